The Labute approximate surface area is 210 Å². The highest BCUT2D eigenvalue weighted by molar-refractivity contribution is 7.85. The third-order valence-corrected chi connectivity index (χ3v) is 11.7. The number of hydrogen-bond donors (Lipinski definition) is 5. The third kappa shape index (κ3) is 5.05. The van der Waals surface area contributed by atoms with Crippen molar-refractivity contribution in [2.75, 3.05) is 12.3 Å². The zero-order chi connectivity index (χ0) is 25.8. The predicted molar refractivity (Wildman–Crippen MR) is 132 cm³/mol. The van der Waals surface area contributed by atoms with Crippen molar-refractivity contribution in [2.24, 2.45) is 46.3 Å². The van der Waals surface area contributed by atoms with Crippen LogP contribution in [0.5, 0.6) is 0 Å². The van der Waals surface area contributed by atoms with Crippen molar-refractivity contribution in [1.29, 1.82) is 0 Å². The molecule has 0 radical (unpaired) electrons. The summed E-state index contributed by atoms with van der Waals surface area (Å²) < 4.78 is 30.5. The fourth-order valence-electron chi connectivity index (χ4n) is 9.10. The lowest BCUT2D eigenvalue weighted by Gasteiger charge is -2.63. The summed E-state index contributed by atoms with van der Waals surface area (Å²) in [4.78, 5) is 12.2. The Morgan fingerprint density at radius 3 is 2.46 bits per heavy atom. The predicted octanol–water partition coefficient (Wildman–Crippen LogP) is 2.37. The molecule has 0 aromatic carbocycles. The average Bonchev–Trinajstić information content (AvgIpc) is 3.12. The average molecular weight is 516 g/mol. The van der Waals surface area contributed by atoms with E-state index >= 15 is 0 Å². The fourth-order valence-corrected chi connectivity index (χ4v) is 9.46. The Balaban J connectivity index is 1.43. The van der Waals surface area contributed by atoms with Crippen LogP contribution in [0.15, 0.2) is 0 Å². The molecule has 11 atom stereocenters. The van der Waals surface area contributed by atoms with Crippen LogP contribution >= 0.6 is 0 Å². The van der Waals surface area contributed by atoms with E-state index in [0.717, 1.165) is 38.5 Å². The Morgan fingerprint density at radius 2 is 1.77 bits per heavy atom. The minimum absolute atomic E-state index is 0.0509. The monoisotopic (exact) mass is 515 g/mol. The quantitative estimate of drug-likeness (QED) is 0.327. The van der Waals surface area contributed by atoms with Gasteiger partial charge in [-0.15, -0.1) is 0 Å². The van der Waals surface area contributed by atoms with Crippen LogP contribution in [0.1, 0.15) is 78.6 Å². The second-order valence-electron chi connectivity index (χ2n) is 12.7. The number of amides is 1. The molecule has 9 heteroatoms. The first-order valence-electron chi connectivity index (χ1n) is 13.5. The van der Waals surface area contributed by atoms with Gasteiger partial charge in [-0.05, 0) is 97.7 Å². The number of carbonyl (C=O) groups excluding carboxylic acids is 1. The number of fused-ring (bicyclic) bond motifs is 5. The van der Waals surface area contributed by atoms with E-state index in [2.05, 4.69) is 26.1 Å². The molecule has 0 aromatic heterocycles. The van der Waals surface area contributed by atoms with Gasteiger partial charge in [0.05, 0.1) is 24.1 Å². The lowest BCUT2D eigenvalue weighted by Crippen LogP contribution is -2.62. The third-order valence-electron chi connectivity index (χ3n) is 11.0. The van der Waals surface area contributed by atoms with Crippen molar-refractivity contribution in [2.45, 2.75) is 96.9 Å². The molecule has 202 valence electrons. The van der Waals surface area contributed by atoms with Crippen LogP contribution in [-0.4, -0.2) is 64.8 Å². The number of aliphatic hydroxyl groups excluding tert-OH is 3. The summed E-state index contributed by atoms with van der Waals surface area (Å²) in [6.45, 7) is 6.56. The summed E-state index contributed by atoms with van der Waals surface area (Å²) in [5, 5.41) is 35.8. The molecule has 35 heavy (non-hydrogen) atoms. The molecule has 4 fully saturated rings. The van der Waals surface area contributed by atoms with E-state index in [9.17, 15) is 28.5 Å². The second-order valence-corrected chi connectivity index (χ2v) is 14.2. The maximum absolute atomic E-state index is 12.2. The number of hydrogen-bond acceptors (Lipinski definition) is 6. The maximum Gasteiger partial charge on any atom is 0.266 e. The normalized spacial score (nSPS) is 46.3. The molecule has 1 amide bonds. The van der Waals surface area contributed by atoms with E-state index in [4.69, 9.17) is 4.55 Å². The van der Waals surface area contributed by atoms with Gasteiger partial charge in [0.25, 0.3) is 10.1 Å². The van der Waals surface area contributed by atoms with E-state index < -0.39 is 28.1 Å². The van der Waals surface area contributed by atoms with Crippen LogP contribution in [0.25, 0.3) is 0 Å². The van der Waals surface area contributed by atoms with Gasteiger partial charge in [-0.3, -0.25) is 9.35 Å². The molecule has 0 heterocycles. The molecule has 0 spiro atoms. The van der Waals surface area contributed by atoms with Gasteiger partial charge >= 0.3 is 0 Å². The molecule has 8 nitrogen and oxygen atoms in total. The van der Waals surface area contributed by atoms with Crippen molar-refractivity contribution in [3.63, 3.8) is 0 Å². The van der Waals surface area contributed by atoms with Crippen LogP contribution in [0.4, 0.5) is 0 Å². The van der Waals surface area contributed by atoms with E-state index in [-0.39, 0.29) is 65.4 Å². The number of aliphatic hydroxyl groups is 3. The molecule has 0 bridgehead atoms. The smallest absolute Gasteiger partial charge is 0.266 e. The molecule has 4 aliphatic rings. The van der Waals surface area contributed by atoms with Gasteiger partial charge < -0.3 is 20.6 Å². The van der Waals surface area contributed by atoms with E-state index in [1.54, 1.807) is 0 Å². The van der Waals surface area contributed by atoms with Gasteiger partial charge in [-0.1, -0.05) is 20.8 Å². The van der Waals surface area contributed by atoms with Gasteiger partial charge in [0.2, 0.25) is 5.91 Å². The number of rotatable bonds is 7. The van der Waals surface area contributed by atoms with Crippen molar-refractivity contribution in [3.8, 4) is 0 Å². The summed E-state index contributed by atoms with van der Waals surface area (Å²) in [6, 6.07) is 0. The topological polar surface area (TPSA) is 144 Å². The highest BCUT2D eigenvalue weighted by atomic mass is 32.2. The summed E-state index contributed by atoms with van der Waals surface area (Å²) in [7, 11) is -4.10. The molecule has 0 aliphatic heterocycles. The van der Waals surface area contributed by atoms with Crippen LogP contribution in [0, 0.1) is 46.3 Å². The molecular formula is C26H45NO7S. The van der Waals surface area contributed by atoms with Crippen LogP contribution in [-0.2, 0) is 14.9 Å². The van der Waals surface area contributed by atoms with E-state index in [0.29, 0.717) is 18.8 Å². The Kier molecular flexibility index (Phi) is 7.69. The van der Waals surface area contributed by atoms with Gasteiger partial charge in [-0.25, -0.2) is 0 Å². The van der Waals surface area contributed by atoms with Crippen LogP contribution < -0.4 is 5.32 Å². The van der Waals surface area contributed by atoms with Gasteiger partial charge in [0, 0.05) is 13.0 Å². The number of nitrogens with one attached hydrogen (secondary N) is 1. The van der Waals surface area contributed by atoms with Gasteiger partial charge in [-0.2, -0.15) is 8.42 Å². The molecular weight excluding hydrogens is 470 g/mol. The largest absolute Gasteiger partial charge is 0.393 e. The highest BCUT2D eigenvalue weighted by Crippen LogP contribution is 2.68. The lowest BCUT2D eigenvalue weighted by molar-refractivity contribution is -0.207. The molecule has 4 rings (SSSR count). The number of carbonyl (C=O) groups is 1. The molecule has 0 unspecified atom stereocenters. The van der Waals surface area contributed by atoms with Crippen molar-refractivity contribution in [1.82, 2.24) is 5.32 Å². The Morgan fingerprint density at radius 1 is 1.06 bits per heavy atom. The Hall–Kier alpha value is -0.740. The SMILES string of the molecule is C[C@H](CCC(=O)NCCS(=O)(=O)O)[C@H]1CC[C@H]2[C@@H]3[C@H](O)C[C@@H]4C[C@H](O)CC[C@]4(C)[C@@H]3C[C@H](O)[C@]12C. The first-order chi connectivity index (χ1) is 16.3. The molecule has 4 aliphatic carbocycles. The highest BCUT2D eigenvalue weighted by Gasteiger charge is 2.65. The minimum atomic E-state index is -4.10. The van der Waals surface area contributed by atoms with Crippen LogP contribution in [0.3, 0.4) is 0 Å². The molecule has 4 saturated carbocycles. The van der Waals surface area contributed by atoms with Gasteiger partial charge in [0.15, 0.2) is 0 Å². The van der Waals surface area contributed by atoms with Crippen molar-refractivity contribution in [3.05, 3.63) is 0 Å². The van der Waals surface area contributed by atoms with Crippen LogP contribution in [0.2, 0.25) is 0 Å². The summed E-state index contributed by atoms with van der Waals surface area (Å²) >= 11 is 0. The molecule has 0 aromatic rings. The first-order valence-corrected chi connectivity index (χ1v) is 15.1. The lowest BCUT2D eigenvalue weighted by atomic mass is 9.43. The van der Waals surface area contributed by atoms with Crippen molar-refractivity contribution >= 4 is 16.0 Å². The first kappa shape index (κ1) is 27.3. The van der Waals surface area contributed by atoms with E-state index in [1.807, 2.05) is 0 Å². The maximum atomic E-state index is 12.2. The Bertz CT molecular complexity index is 896. The summed E-state index contributed by atoms with van der Waals surface area (Å²) in [5.41, 5.74) is -0.254. The molecule has 5 N–H and O–H groups in total. The summed E-state index contributed by atoms with van der Waals surface area (Å²) in [6.07, 6.45) is 5.67. The zero-order valence-electron chi connectivity index (χ0n) is 21.4. The van der Waals surface area contributed by atoms with Crippen molar-refractivity contribution < 1.29 is 33.1 Å². The minimum Gasteiger partial charge on any atom is -0.393 e. The van der Waals surface area contributed by atoms with Gasteiger partial charge in [0.1, 0.15) is 0 Å². The summed E-state index contributed by atoms with van der Waals surface area (Å²) in [5.74, 6) is 0.705. The second kappa shape index (κ2) is 9.86. The standard InChI is InChI=1S/C26H45NO7S/c1-15(4-7-23(31)27-10-11-35(32,33)34)18-5-6-19-24-20(14-22(30)26(18,19)3)25(2)9-8-17(28)12-16(25)13-21(24)29/h15-22,24,28-30H,4-14H2,1-3H3,(H,27,31)(H,32,33,34)/t15-,16+,17-,18-,19+,20-,21-,22+,24+,25+,26-/m1/s1. The zero-order valence-corrected chi connectivity index (χ0v) is 22.2. The molecule has 0 saturated heterocycles. The van der Waals surface area contributed by atoms with E-state index in [1.165, 1.54) is 0 Å². The fraction of sp³-hybridized carbons (Fsp3) is 0.962.